The minimum absolute atomic E-state index is 0.0731. The van der Waals surface area contributed by atoms with Gasteiger partial charge in [-0.25, -0.2) is 4.79 Å². The molecular weight excluding hydrogens is 260 g/mol. The van der Waals surface area contributed by atoms with Crippen LogP contribution in [0.15, 0.2) is 18.2 Å². The summed E-state index contributed by atoms with van der Waals surface area (Å²) in [5.74, 6) is 0.373. The lowest BCUT2D eigenvalue weighted by molar-refractivity contribution is -0.0504. The smallest absolute Gasteiger partial charge is 0.337 e. The Balaban J connectivity index is 2.00. The molecule has 3 rings (SSSR count). The Hall–Kier alpha value is -1.59. The zero-order valence-corrected chi connectivity index (χ0v) is 12.1. The first-order chi connectivity index (χ1) is 9.45. The van der Waals surface area contributed by atoms with Gasteiger partial charge in [0.05, 0.1) is 19.3 Å². The van der Waals surface area contributed by atoms with Gasteiger partial charge < -0.3 is 18.9 Å². The van der Waals surface area contributed by atoms with E-state index in [2.05, 4.69) is 0 Å². The lowest BCUT2D eigenvalue weighted by Crippen LogP contribution is -2.52. The first-order valence-corrected chi connectivity index (χ1v) is 6.53. The second kappa shape index (κ2) is 4.20. The number of rotatable bonds is 3. The van der Waals surface area contributed by atoms with Crippen molar-refractivity contribution >= 4 is 5.97 Å². The molecule has 0 aromatic heterocycles. The highest BCUT2D eigenvalue weighted by molar-refractivity contribution is 5.90. The van der Waals surface area contributed by atoms with Crippen LogP contribution in [0.3, 0.4) is 0 Å². The molecule has 0 saturated carbocycles. The number of carbonyl (C=O) groups excluding carboxylic acids is 1. The molecule has 5 nitrogen and oxygen atoms in total. The number of esters is 1. The molecule has 108 valence electrons. The summed E-state index contributed by atoms with van der Waals surface area (Å²) in [6, 6.07) is 5.27. The maximum Gasteiger partial charge on any atom is 0.337 e. The Morgan fingerprint density at radius 3 is 2.75 bits per heavy atom. The summed E-state index contributed by atoms with van der Waals surface area (Å²) < 4.78 is 22.0. The number of carbonyl (C=O) groups is 1. The second-order valence-electron chi connectivity index (χ2n) is 5.62. The normalized spacial score (nSPS) is 33.7. The molecule has 20 heavy (non-hydrogen) atoms. The average Bonchev–Trinajstić information content (AvgIpc) is 3.13. The molecule has 0 amide bonds. The van der Waals surface area contributed by atoms with E-state index in [-0.39, 0.29) is 12.1 Å². The summed E-state index contributed by atoms with van der Waals surface area (Å²) in [5.41, 5.74) is 0.434. The van der Waals surface area contributed by atoms with E-state index in [0.29, 0.717) is 12.2 Å². The van der Waals surface area contributed by atoms with Crippen LogP contribution < -0.4 is 4.74 Å². The molecule has 2 aliphatic rings. The van der Waals surface area contributed by atoms with E-state index >= 15 is 0 Å². The van der Waals surface area contributed by atoms with Crippen LogP contribution in [-0.4, -0.2) is 38.0 Å². The number of fused-ring (bicyclic) bond motifs is 3. The van der Waals surface area contributed by atoms with Gasteiger partial charge >= 0.3 is 5.97 Å². The quantitative estimate of drug-likeness (QED) is 0.626. The predicted molar refractivity (Wildman–Crippen MR) is 70.9 cm³/mol. The van der Waals surface area contributed by atoms with Crippen LogP contribution in [0.5, 0.6) is 5.75 Å². The number of ether oxygens (including phenoxy) is 4. The van der Waals surface area contributed by atoms with Crippen molar-refractivity contribution in [2.45, 2.75) is 31.2 Å². The molecule has 0 bridgehead atoms. The van der Waals surface area contributed by atoms with Gasteiger partial charge in [-0.2, -0.15) is 0 Å². The highest BCUT2D eigenvalue weighted by atomic mass is 16.7. The monoisotopic (exact) mass is 278 g/mol. The van der Waals surface area contributed by atoms with E-state index in [1.807, 2.05) is 13.8 Å². The van der Waals surface area contributed by atoms with Gasteiger partial charge in [0.15, 0.2) is 5.60 Å². The molecule has 0 aliphatic carbocycles. The Morgan fingerprint density at radius 1 is 1.35 bits per heavy atom. The Kier molecular flexibility index (Phi) is 2.81. The largest absolute Gasteiger partial charge is 0.482 e. The van der Waals surface area contributed by atoms with Gasteiger partial charge in [-0.05, 0) is 32.0 Å². The zero-order chi connectivity index (χ0) is 14.5. The highest BCUT2D eigenvalue weighted by Crippen LogP contribution is 2.62. The van der Waals surface area contributed by atoms with Crippen LogP contribution in [0.25, 0.3) is 0 Å². The molecule has 0 N–H and O–H groups in total. The van der Waals surface area contributed by atoms with Gasteiger partial charge in [0.2, 0.25) is 0 Å². The highest BCUT2D eigenvalue weighted by Gasteiger charge is 2.69. The van der Waals surface area contributed by atoms with Crippen molar-refractivity contribution in [1.82, 2.24) is 0 Å². The molecular formula is C15H18O5. The zero-order valence-electron chi connectivity index (χ0n) is 12.1. The summed E-state index contributed by atoms with van der Waals surface area (Å²) in [7, 11) is 3.01. The Bertz CT molecular complexity index is 569. The molecule has 1 saturated heterocycles. The van der Waals surface area contributed by atoms with Crippen molar-refractivity contribution in [2.75, 3.05) is 20.8 Å². The molecule has 2 aliphatic heterocycles. The van der Waals surface area contributed by atoms with E-state index in [4.69, 9.17) is 18.9 Å². The van der Waals surface area contributed by atoms with Crippen molar-refractivity contribution in [3.05, 3.63) is 29.3 Å². The molecule has 1 fully saturated rings. The number of hydrogen-bond acceptors (Lipinski definition) is 5. The Morgan fingerprint density at radius 2 is 2.10 bits per heavy atom. The van der Waals surface area contributed by atoms with E-state index in [1.54, 1.807) is 25.3 Å². The molecule has 0 spiro atoms. The molecule has 3 atom stereocenters. The number of hydrogen-bond donors (Lipinski definition) is 0. The molecule has 1 aromatic carbocycles. The van der Waals surface area contributed by atoms with Gasteiger partial charge in [-0.3, -0.25) is 0 Å². The van der Waals surface area contributed by atoms with Crippen LogP contribution in [-0.2, 0) is 14.2 Å². The SMILES string of the molecule is COCC1(C)Oc2ccc(C(=O)OC)cc2C2OC21C. The van der Waals surface area contributed by atoms with E-state index < -0.39 is 11.2 Å². The van der Waals surface area contributed by atoms with Crippen molar-refractivity contribution in [2.24, 2.45) is 0 Å². The van der Waals surface area contributed by atoms with Gasteiger partial charge in [0, 0.05) is 12.7 Å². The van der Waals surface area contributed by atoms with Gasteiger partial charge in [0.1, 0.15) is 17.5 Å². The minimum Gasteiger partial charge on any atom is -0.482 e. The minimum atomic E-state index is -0.536. The van der Waals surface area contributed by atoms with E-state index in [1.165, 1.54) is 7.11 Å². The second-order valence-corrected chi connectivity index (χ2v) is 5.62. The third-order valence-electron chi connectivity index (χ3n) is 4.32. The van der Waals surface area contributed by atoms with Crippen molar-refractivity contribution in [1.29, 1.82) is 0 Å². The maximum atomic E-state index is 11.6. The van der Waals surface area contributed by atoms with Crippen LogP contribution in [0.2, 0.25) is 0 Å². The summed E-state index contributed by atoms with van der Waals surface area (Å²) >= 11 is 0. The lowest BCUT2D eigenvalue weighted by atomic mass is 9.82. The first-order valence-electron chi connectivity index (χ1n) is 6.53. The van der Waals surface area contributed by atoms with Crippen molar-refractivity contribution in [3.8, 4) is 5.75 Å². The van der Waals surface area contributed by atoms with Gasteiger partial charge in [0.25, 0.3) is 0 Å². The number of methoxy groups -OCH3 is 2. The summed E-state index contributed by atoms with van der Waals surface area (Å²) in [6.07, 6.45) is -0.0731. The first kappa shape index (κ1) is 13.4. The molecule has 2 heterocycles. The third kappa shape index (κ3) is 1.66. The third-order valence-corrected chi connectivity index (χ3v) is 4.32. The van der Waals surface area contributed by atoms with Crippen LogP contribution in [0.1, 0.15) is 35.9 Å². The van der Waals surface area contributed by atoms with Gasteiger partial charge in [-0.15, -0.1) is 0 Å². The average molecular weight is 278 g/mol. The molecule has 3 unspecified atom stereocenters. The predicted octanol–water partition coefficient (Wildman–Crippen LogP) is 2.10. The number of benzene rings is 1. The van der Waals surface area contributed by atoms with E-state index in [9.17, 15) is 4.79 Å². The summed E-state index contributed by atoms with van der Waals surface area (Å²) in [6.45, 7) is 4.43. The summed E-state index contributed by atoms with van der Waals surface area (Å²) in [5, 5.41) is 0. The van der Waals surface area contributed by atoms with Crippen molar-refractivity contribution < 1.29 is 23.7 Å². The molecule has 0 radical (unpaired) electrons. The molecule has 5 heteroatoms. The topological polar surface area (TPSA) is 57.3 Å². The fourth-order valence-corrected chi connectivity index (χ4v) is 2.86. The van der Waals surface area contributed by atoms with E-state index in [0.717, 1.165) is 11.3 Å². The van der Waals surface area contributed by atoms with Gasteiger partial charge in [-0.1, -0.05) is 0 Å². The fourth-order valence-electron chi connectivity index (χ4n) is 2.86. The van der Waals surface area contributed by atoms with Crippen molar-refractivity contribution in [3.63, 3.8) is 0 Å². The molecule has 1 aromatic rings. The lowest BCUT2D eigenvalue weighted by Gasteiger charge is -2.37. The number of epoxide rings is 1. The summed E-state index contributed by atoms with van der Waals surface area (Å²) in [4.78, 5) is 11.6. The van der Waals surface area contributed by atoms with Crippen LogP contribution in [0, 0.1) is 0 Å². The fraction of sp³-hybridized carbons (Fsp3) is 0.533. The van der Waals surface area contributed by atoms with Crippen LogP contribution in [0.4, 0.5) is 0 Å². The standard InChI is InChI=1S/C15H18O5/c1-14(8-17-3)15(2)12(20-15)10-7-9(13(16)18-4)5-6-11(10)19-14/h5-7,12H,8H2,1-4H3. The Labute approximate surface area is 117 Å². The maximum absolute atomic E-state index is 11.6. The van der Waals surface area contributed by atoms with Crippen LogP contribution >= 0.6 is 0 Å².